The van der Waals surface area contributed by atoms with Crippen LogP contribution >= 0.6 is 0 Å². The lowest BCUT2D eigenvalue weighted by molar-refractivity contribution is -0.127. The van der Waals surface area contributed by atoms with Crippen LogP contribution in [0.2, 0.25) is 0 Å². The van der Waals surface area contributed by atoms with Gasteiger partial charge in [-0.15, -0.1) is 0 Å². The van der Waals surface area contributed by atoms with Gasteiger partial charge in [0.25, 0.3) is 5.91 Å². The van der Waals surface area contributed by atoms with E-state index in [9.17, 15) is 4.79 Å². The van der Waals surface area contributed by atoms with Gasteiger partial charge < -0.3 is 10.1 Å². The number of nitrogens with one attached hydrogen (secondary N) is 2. The lowest BCUT2D eigenvalue weighted by atomic mass is 10.2. The van der Waals surface area contributed by atoms with Crippen LogP contribution in [-0.2, 0) is 16.1 Å². The topological polar surface area (TPSA) is 67.0 Å². The van der Waals surface area contributed by atoms with Crippen molar-refractivity contribution in [2.45, 2.75) is 19.6 Å². The smallest absolute Gasteiger partial charge is 0.253 e. The fourth-order valence-electron chi connectivity index (χ4n) is 2.18. The minimum absolute atomic E-state index is 0.182. The van der Waals surface area contributed by atoms with Crippen molar-refractivity contribution in [2.75, 3.05) is 5.32 Å². The minimum atomic E-state index is -0.543. The molecule has 3 aromatic rings. The second-order valence-corrected chi connectivity index (χ2v) is 5.07. The van der Waals surface area contributed by atoms with Crippen LogP contribution in [-0.4, -0.2) is 22.2 Å². The van der Waals surface area contributed by atoms with Crippen LogP contribution in [0.1, 0.15) is 12.5 Å². The Morgan fingerprint density at radius 1 is 1.23 bits per heavy atom. The van der Waals surface area contributed by atoms with Crippen molar-refractivity contribution in [2.24, 2.45) is 0 Å². The molecule has 5 heteroatoms. The van der Waals surface area contributed by atoms with Crippen molar-refractivity contribution in [1.82, 2.24) is 10.2 Å². The number of fused-ring (bicyclic) bond motifs is 1. The van der Waals surface area contributed by atoms with E-state index in [0.717, 1.165) is 16.5 Å². The highest BCUT2D eigenvalue weighted by Crippen LogP contribution is 2.20. The Kier molecular flexibility index (Phi) is 4.16. The molecule has 22 heavy (non-hydrogen) atoms. The first kappa shape index (κ1) is 14.3. The third kappa shape index (κ3) is 3.15. The molecule has 2 aromatic carbocycles. The normalized spacial score (nSPS) is 12.2. The number of aromatic nitrogens is 2. The molecule has 0 bridgehead atoms. The Bertz CT molecular complexity index is 768. The highest BCUT2D eigenvalue weighted by molar-refractivity contribution is 6.01. The monoisotopic (exact) mass is 295 g/mol. The summed E-state index contributed by atoms with van der Waals surface area (Å²) >= 11 is 0. The van der Waals surface area contributed by atoms with E-state index in [1.165, 1.54) is 0 Å². The molecule has 0 aliphatic rings. The Morgan fingerprint density at radius 2 is 2.05 bits per heavy atom. The Hall–Kier alpha value is -2.66. The van der Waals surface area contributed by atoms with E-state index < -0.39 is 6.10 Å². The summed E-state index contributed by atoms with van der Waals surface area (Å²) in [6.45, 7) is 2.15. The van der Waals surface area contributed by atoms with Gasteiger partial charge in [-0.25, -0.2) is 0 Å². The summed E-state index contributed by atoms with van der Waals surface area (Å²) in [6.07, 6.45) is 1.18. The molecule has 0 saturated carbocycles. The number of rotatable bonds is 5. The Morgan fingerprint density at radius 3 is 2.86 bits per heavy atom. The lowest BCUT2D eigenvalue weighted by Crippen LogP contribution is -2.27. The van der Waals surface area contributed by atoms with Gasteiger partial charge in [0.1, 0.15) is 6.10 Å². The number of ether oxygens (including phenoxy) is 1. The highest BCUT2D eigenvalue weighted by Gasteiger charge is 2.15. The number of hydrogen-bond acceptors (Lipinski definition) is 3. The molecule has 5 nitrogen and oxygen atoms in total. The van der Waals surface area contributed by atoms with E-state index >= 15 is 0 Å². The van der Waals surface area contributed by atoms with Gasteiger partial charge >= 0.3 is 0 Å². The third-order valence-electron chi connectivity index (χ3n) is 3.45. The van der Waals surface area contributed by atoms with Crippen molar-refractivity contribution in [3.05, 3.63) is 60.3 Å². The summed E-state index contributed by atoms with van der Waals surface area (Å²) in [5.74, 6) is -0.182. The Labute approximate surface area is 128 Å². The molecule has 2 N–H and O–H groups in total. The SMILES string of the molecule is C[C@@H](OCc1ccccc1)C(=O)Nc1cccc2cn[nH]c12. The predicted octanol–water partition coefficient (Wildman–Crippen LogP) is 3.11. The Balaban J connectivity index is 1.63. The maximum atomic E-state index is 12.2. The molecular weight excluding hydrogens is 278 g/mol. The molecule has 0 fully saturated rings. The fraction of sp³-hybridized carbons (Fsp3) is 0.176. The first-order valence-electron chi connectivity index (χ1n) is 7.12. The van der Waals surface area contributed by atoms with E-state index in [4.69, 9.17) is 4.74 Å². The molecule has 0 spiro atoms. The predicted molar refractivity (Wildman–Crippen MR) is 85.4 cm³/mol. The average Bonchev–Trinajstić information content (AvgIpc) is 3.03. The van der Waals surface area contributed by atoms with Gasteiger partial charge in [0.15, 0.2) is 0 Å². The molecule has 0 unspecified atom stereocenters. The van der Waals surface area contributed by atoms with Crippen molar-refractivity contribution < 1.29 is 9.53 Å². The number of hydrogen-bond donors (Lipinski definition) is 2. The van der Waals surface area contributed by atoms with E-state index in [-0.39, 0.29) is 5.91 Å². The van der Waals surface area contributed by atoms with Gasteiger partial charge in [0.2, 0.25) is 0 Å². The minimum Gasteiger partial charge on any atom is -0.364 e. The zero-order valence-corrected chi connectivity index (χ0v) is 12.2. The molecule has 0 aliphatic heterocycles. The lowest BCUT2D eigenvalue weighted by Gasteiger charge is -2.14. The molecular formula is C17H17N3O2. The number of carbonyl (C=O) groups is 1. The quantitative estimate of drug-likeness (QED) is 0.760. The van der Waals surface area contributed by atoms with Crippen LogP contribution < -0.4 is 5.32 Å². The number of nitrogens with zero attached hydrogens (tertiary/aromatic N) is 1. The summed E-state index contributed by atoms with van der Waals surface area (Å²) in [5.41, 5.74) is 2.55. The summed E-state index contributed by atoms with van der Waals surface area (Å²) in [4.78, 5) is 12.2. The van der Waals surface area contributed by atoms with Gasteiger partial charge in [0, 0.05) is 5.39 Å². The van der Waals surface area contributed by atoms with Crippen LogP contribution in [0.4, 0.5) is 5.69 Å². The largest absolute Gasteiger partial charge is 0.364 e. The van der Waals surface area contributed by atoms with Crippen LogP contribution in [0, 0.1) is 0 Å². The first-order valence-corrected chi connectivity index (χ1v) is 7.12. The molecule has 1 aromatic heterocycles. The summed E-state index contributed by atoms with van der Waals surface area (Å²) in [7, 11) is 0. The van der Waals surface area contributed by atoms with Gasteiger partial charge in [-0.3, -0.25) is 9.89 Å². The highest BCUT2D eigenvalue weighted by atomic mass is 16.5. The molecule has 0 saturated heterocycles. The van der Waals surface area contributed by atoms with E-state index in [2.05, 4.69) is 15.5 Å². The molecule has 0 aliphatic carbocycles. The zero-order chi connectivity index (χ0) is 15.4. The van der Waals surface area contributed by atoms with E-state index in [1.54, 1.807) is 13.1 Å². The number of benzene rings is 2. The van der Waals surface area contributed by atoms with Crippen molar-refractivity contribution >= 4 is 22.5 Å². The van der Waals surface area contributed by atoms with Gasteiger partial charge in [-0.1, -0.05) is 42.5 Å². The van der Waals surface area contributed by atoms with Gasteiger partial charge in [-0.05, 0) is 18.6 Å². The van der Waals surface area contributed by atoms with Crippen molar-refractivity contribution in [1.29, 1.82) is 0 Å². The van der Waals surface area contributed by atoms with Crippen molar-refractivity contribution in [3.8, 4) is 0 Å². The number of aromatic amines is 1. The van der Waals surface area contributed by atoms with Crippen LogP contribution in [0.25, 0.3) is 10.9 Å². The maximum Gasteiger partial charge on any atom is 0.253 e. The number of H-pyrrole nitrogens is 1. The van der Waals surface area contributed by atoms with Gasteiger partial charge in [-0.2, -0.15) is 5.10 Å². The zero-order valence-electron chi connectivity index (χ0n) is 12.2. The molecule has 1 heterocycles. The number of carbonyl (C=O) groups excluding carboxylic acids is 1. The number of para-hydroxylation sites is 1. The van der Waals surface area contributed by atoms with Crippen molar-refractivity contribution in [3.63, 3.8) is 0 Å². The summed E-state index contributed by atoms with van der Waals surface area (Å²) < 4.78 is 5.62. The standard InChI is InChI=1S/C17H17N3O2/c1-12(22-11-13-6-3-2-4-7-13)17(21)19-15-9-5-8-14-10-18-20-16(14)15/h2-10,12H,11H2,1H3,(H,18,20)(H,19,21)/t12-/m1/s1. The molecule has 112 valence electrons. The van der Waals surface area contributed by atoms with Crippen LogP contribution in [0.5, 0.6) is 0 Å². The first-order chi connectivity index (χ1) is 10.7. The molecule has 1 amide bonds. The fourth-order valence-corrected chi connectivity index (χ4v) is 2.18. The molecule has 0 radical (unpaired) electrons. The second-order valence-electron chi connectivity index (χ2n) is 5.07. The maximum absolute atomic E-state index is 12.2. The van der Waals surface area contributed by atoms with Crippen LogP contribution in [0.3, 0.4) is 0 Å². The van der Waals surface area contributed by atoms with Crippen LogP contribution in [0.15, 0.2) is 54.7 Å². The average molecular weight is 295 g/mol. The summed E-state index contributed by atoms with van der Waals surface area (Å²) in [5, 5.41) is 10.7. The second kappa shape index (κ2) is 6.41. The van der Waals surface area contributed by atoms with E-state index in [1.807, 2.05) is 48.5 Å². The number of anilines is 1. The molecule has 1 atom stereocenters. The number of amides is 1. The summed E-state index contributed by atoms with van der Waals surface area (Å²) in [6, 6.07) is 15.4. The van der Waals surface area contributed by atoms with Gasteiger partial charge in [0.05, 0.1) is 24.0 Å². The molecule has 3 rings (SSSR count). The third-order valence-corrected chi connectivity index (χ3v) is 3.45. The van der Waals surface area contributed by atoms with E-state index in [0.29, 0.717) is 12.3 Å².